The number of hydrogen-bond acceptors (Lipinski definition) is 5. The zero-order chi connectivity index (χ0) is 16.3. The number of hydrogen-bond donors (Lipinski definition) is 2. The summed E-state index contributed by atoms with van der Waals surface area (Å²) < 4.78 is 9.57. The maximum absolute atomic E-state index is 11.9. The number of nitrogens with zero attached hydrogens (tertiary/aromatic N) is 2. The fourth-order valence-electron chi connectivity index (χ4n) is 2.42. The van der Waals surface area contributed by atoms with Crippen LogP contribution in [0.2, 0.25) is 0 Å². The summed E-state index contributed by atoms with van der Waals surface area (Å²) in [5, 5.41) is 13.6. The highest BCUT2D eigenvalue weighted by Gasteiger charge is 2.28. The molecule has 8 heteroatoms. The molecule has 22 heavy (non-hydrogen) atoms. The van der Waals surface area contributed by atoms with Crippen LogP contribution < -0.4 is 5.32 Å². The van der Waals surface area contributed by atoms with Crippen LogP contribution in [0.3, 0.4) is 0 Å². The van der Waals surface area contributed by atoms with Crippen molar-refractivity contribution in [2.45, 2.75) is 45.1 Å². The van der Waals surface area contributed by atoms with Crippen molar-refractivity contribution >= 4 is 29.4 Å². The van der Waals surface area contributed by atoms with E-state index in [2.05, 4.69) is 9.69 Å². The Hall–Kier alpha value is -1.83. The van der Waals surface area contributed by atoms with Crippen LogP contribution in [0, 0.1) is 0 Å². The fourth-order valence-corrected chi connectivity index (χ4v) is 3.12. The molecule has 7 nitrogen and oxygen atoms in total. The lowest BCUT2D eigenvalue weighted by Gasteiger charge is -2.30. The molecule has 0 aromatic carbocycles. The van der Waals surface area contributed by atoms with E-state index in [0.29, 0.717) is 18.8 Å². The number of anilines is 1. The molecule has 1 fully saturated rings. The molecule has 1 aliphatic rings. The van der Waals surface area contributed by atoms with E-state index in [1.54, 1.807) is 26.2 Å². The van der Waals surface area contributed by atoms with Crippen LogP contribution in [-0.4, -0.2) is 45.3 Å². The van der Waals surface area contributed by atoms with Crippen molar-refractivity contribution in [2.24, 2.45) is 0 Å². The van der Waals surface area contributed by atoms with Gasteiger partial charge in [-0.15, -0.1) is 0 Å². The molecule has 0 saturated carbocycles. The highest BCUT2D eigenvalue weighted by atomic mass is 32.1. The van der Waals surface area contributed by atoms with Crippen molar-refractivity contribution in [3.8, 4) is 0 Å². The van der Waals surface area contributed by atoms with Crippen molar-refractivity contribution < 1.29 is 19.4 Å². The number of ether oxygens (including phenoxy) is 1. The Labute approximate surface area is 133 Å². The van der Waals surface area contributed by atoms with Crippen molar-refractivity contribution in [3.05, 3.63) is 11.1 Å². The van der Waals surface area contributed by atoms with Gasteiger partial charge in [0, 0.05) is 24.4 Å². The second kappa shape index (κ2) is 6.51. The van der Waals surface area contributed by atoms with E-state index >= 15 is 0 Å². The molecular formula is C14H21N3O4S. The molecule has 2 N–H and O–H groups in total. The summed E-state index contributed by atoms with van der Waals surface area (Å²) in [6.07, 6.45) is 0.207. The summed E-state index contributed by atoms with van der Waals surface area (Å²) in [5.41, 5.74) is 0.775. The summed E-state index contributed by atoms with van der Waals surface area (Å²) in [5.74, 6) is 0.000960. The Balaban J connectivity index is 2.06. The first-order chi connectivity index (χ1) is 10.3. The Kier molecular flexibility index (Phi) is 4.90. The number of rotatable bonds is 2. The number of nitrogens with one attached hydrogen (secondary N) is 1. The molecule has 2 amide bonds. The maximum Gasteiger partial charge on any atom is 0.412 e. The lowest BCUT2D eigenvalue weighted by molar-refractivity contribution is 0.0635. The Morgan fingerprint density at radius 2 is 2.23 bits per heavy atom. The van der Waals surface area contributed by atoms with Gasteiger partial charge in [-0.05, 0) is 45.1 Å². The fraction of sp³-hybridized carbons (Fsp3) is 0.643. The topological polar surface area (TPSA) is 91.8 Å². The SMILES string of the molecule is CC(C)(C)OC(=O)Nc1csnc1C1CCCN(C(=O)O)C1. The number of carbonyl (C=O) groups is 2. The van der Waals surface area contributed by atoms with Crippen LogP contribution >= 0.6 is 11.5 Å². The van der Waals surface area contributed by atoms with Gasteiger partial charge in [0.2, 0.25) is 0 Å². The van der Waals surface area contributed by atoms with Gasteiger partial charge in [0.15, 0.2) is 0 Å². The van der Waals surface area contributed by atoms with Crippen LogP contribution in [-0.2, 0) is 4.74 Å². The number of aromatic nitrogens is 1. The van der Waals surface area contributed by atoms with Gasteiger partial charge in [0.05, 0.1) is 11.4 Å². The first kappa shape index (κ1) is 16.5. The molecular weight excluding hydrogens is 306 g/mol. The Bertz CT molecular complexity index is 553. The summed E-state index contributed by atoms with van der Waals surface area (Å²) in [4.78, 5) is 24.4. The van der Waals surface area contributed by atoms with Crippen LogP contribution in [0.4, 0.5) is 15.3 Å². The average molecular weight is 327 g/mol. The monoisotopic (exact) mass is 327 g/mol. The minimum Gasteiger partial charge on any atom is -0.465 e. The van der Waals surface area contributed by atoms with Gasteiger partial charge < -0.3 is 14.7 Å². The quantitative estimate of drug-likeness (QED) is 0.869. The van der Waals surface area contributed by atoms with Crippen molar-refractivity contribution in [2.75, 3.05) is 18.4 Å². The molecule has 1 aromatic rings. The number of amides is 2. The summed E-state index contributed by atoms with van der Waals surface area (Å²) in [6.45, 7) is 6.34. The first-order valence-corrected chi connectivity index (χ1v) is 8.02. The number of carboxylic acid groups (broad SMARTS) is 1. The zero-order valence-corrected chi connectivity index (χ0v) is 13.8. The molecule has 1 aliphatic heterocycles. The molecule has 2 rings (SSSR count). The molecule has 122 valence electrons. The number of likely N-dealkylation sites (tertiary alicyclic amines) is 1. The van der Waals surface area contributed by atoms with Gasteiger partial charge in [0.25, 0.3) is 0 Å². The highest BCUT2D eigenvalue weighted by Crippen LogP contribution is 2.32. The van der Waals surface area contributed by atoms with E-state index in [1.165, 1.54) is 16.4 Å². The van der Waals surface area contributed by atoms with Crippen molar-refractivity contribution in [1.29, 1.82) is 0 Å². The minimum absolute atomic E-state index is 0.000960. The van der Waals surface area contributed by atoms with Gasteiger partial charge >= 0.3 is 12.2 Å². The summed E-state index contributed by atoms with van der Waals surface area (Å²) in [7, 11) is 0. The molecule has 0 aliphatic carbocycles. The van der Waals surface area contributed by atoms with Crippen LogP contribution in [0.15, 0.2) is 5.38 Å². The van der Waals surface area contributed by atoms with Crippen LogP contribution in [0.5, 0.6) is 0 Å². The molecule has 1 unspecified atom stereocenters. The Morgan fingerprint density at radius 3 is 2.86 bits per heavy atom. The lowest BCUT2D eigenvalue weighted by Crippen LogP contribution is -2.38. The molecule has 1 saturated heterocycles. The van der Waals surface area contributed by atoms with E-state index < -0.39 is 17.8 Å². The van der Waals surface area contributed by atoms with Gasteiger partial charge in [-0.3, -0.25) is 5.32 Å². The van der Waals surface area contributed by atoms with E-state index in [-0.39, 0.29) is 5.92 Å². The van der Waals surface area contributed by atoms with Gasteiger partial charge in [-0.25, -0.2) is 9.59 Å². The third kappa shape index (κ3) is 4.33. The van der Waals surface area contributed by atoms with Crippen molar-refractivity contribution in [3.63, 3.8) is 0 Å². The summed E-state index contributed by atoms with van der Waals surface area (Å²) in [6, 6.07) is 0. The van der Waals surface area contributed by atoms with E-state index in [0.717, 1.165) is 18.5 Å². The molecule has 0 radical (unpaired) electrons. The Morgan fingerprint density at radius 1 is 1.50 bits per heavy atom. The maximum atomic E-state index is 11.9. The first-order valence-electron chi connectivity index (χ1n) is 7.18. The van der Waals surface area contributed by atoms with E-state index in [9.17, 15) is 9.59 Å². The zero-order valence-electron chi connectivity index (χ0n) is 13.0. The standard InChI is InChI=1S/C14H21N3O4S/c1-14(2,3)21-12(18)15-10-8-22-16-11(10)9-5-4-6-17(7-9)13(19)20/h8-9H,4-7H2,1-3H3,(H,15,18)(H,19,20). The van der Waals surface area contributed by atoms with Crippen LogP contribution in [0.25, 0.3) is 0 Å². The molecule has 1 atom stereocenters. The second-order valence-corrected chi connectivity index (χ2v) is 6.94. The molecule has 2 heterocycles. The molecule has 0 bridgehead atoms. The lowest BCUT2D eigenvalue weighted by atomic mass is 9.94. The predicted molar refractivity (Wildman–Crippen MR) is 83.5 cm³/mol. The number of carbonyl (C=O) groups excluding carboxylic acids is 1. The van der Waals surface area contributed by atoms with Crippen LogP contribution in [0.1, 0.15) is 45.2 Å². The third-order valence-electron chi connectivity index (χ3n) is 3.31. The normalized spacial score (nSPS) is 18.9. The molecule has 0 spiro atoms. The predicted octanol–water partition coefficient (Wildman–Crippen LogP) is 3.35. The van der Waals surface area contributed by atoms with E-state index in [1.807, 2.05) is 0 Å². The summed E-state index contributed by atoms with van der Waals surface area (Å²) >= 11 is 1.24. The third-order valence-corrected chi connectivity index (χ3v) is 3.96. The van der Waals surface area contributed by atoms with Gasteiger partial charge in [0.1, 0.15) is 5.60 Å². The minimum atomic E-state index is -0.915. The molecule has 1 aromatic heterocycles. The smallest absolute Gasteiger partial charge is 0.412 e. The van der Waals surface area contributed by atoms with Gasteiger partial charge in [-0.1, -0.05) is 0 Å². The van der Waals surface area contributed by atoms with Gasteiger partial charge in [-0.2, -0.15) is 4.37 Å². The largest absolute Gasteiger partial charge is 0.465 e. The average Bonchev–Trinajstić information content (AvgIpc) is 2.84. The van der Waals surface area contributed by atoms with Crippen molar-refractivity contribution in [1.82, 2.24) is 9.27 Å². The highest BCUT2D eigenvalue weighted by molar-refractivity contribution is 7.04. The number of piperidine rings is 1. The van der Waals surface area contributed by atoms with E-state index in [4.69, 9.17) is 9.84 Å². The second-order valence-electron chi connectivity index (χ2n) is 6.31.